The van der Waals surface area contributed by atoms with Gasteiger partial charge in [-0.05, 0) is 29.5 Å². The van der Waals surface area contributed by atoms with Crippen molar-refractivity contribution in [2.24, 2.45) is 12.5 Å². The Balaban J connectivity index is 2.11. The summed E-state index contributed by atoms with van der Waals surface area (Å²) in [5, 5.41) is 17.4. The second-order valence-corrected chi connectivity index (χ2v) is 7.05. The summed E-state index contributed by atoms with van der Waals surface area (Å²) < 4.78 is 6.72. The molecule has 1 aromatic carbocycles. The van der Waals surface area contributed by atoms with Crippen LogP contribution in [0.1, 0.15) is 38.1 Å². The number of ether oxygens (including phenoxy) is 1. The number of aryl methyl sites for hydroxylation is 1. The van der Waals surface area contributed by atoms with E-state index in [9.17, 15) is 9.90 Å². The Bertz CT molecular complexity index is 717. The lowest BCUT2D eigenvalue weighted by molar-refractivity contribution is -0.124. The van der Waals surface area contributed by atoms with Gasteiger partial charge in [0.25, 0.3) is 5.91 Å². The van der Waals surface area contributed by atoms with Crippen molar-refractivity contribution < 1.29 is 14.6 Å². The molecule has 6 heteroatoms. The van der Waals surface area contributed by atoms with Crippen LogP contribution in [0, 0.1) is 5.41 Å². The third-order valence-corrected chi connectivity index (χ3v) is 3.55. The number of aliphatic hydroxyl groups is 1. The van der Waals surface area contributed by atoms with Gasteiger partial charge in [-0.15, -0.1) is 0 Å². The second-order valence-electron chi connectivity index (χ2n) is 7.05. The van der Waals surface area contributed by atoms with Gasteiger partial charge in [0.05, 0.1) is 12.8 Å². The molecule has 2 rings (SSSR count). The fourth-order valence-electron chi connectivity index (χ4n) is 2.43. The van der Waals surface area contributed by atoms with Crippen LogP contribution in [0.5, 0.6) is 5.75 Å². The van der Waals surface area contributed by atoms with E-state index < -0.39 is 12.0 Å². The SMILES string of the molecule is COc1cccc(C(O)C(=O)Nc2cc(CC(C)(C)C)nn2C)c1. The predicted octanol–water partition coefficient (Wildman–Crippen LogP) is 2.69. The summed E-state index contributed by atoms with van der Waals surface area (Å²) in [5.41, 5.74) is 1.48. The molecule has 0 fully saturated rings. The van der Waals surface area contributed by atoms with E-state index in [1.54, 1.807) is 36.0 Å². The van der Waals surface area contributed by atoms with Crippen LogP contribution in [0.25, 0.3) is 0 Å². The number of nitrogens with one attached hydrogen (secondary N) is 1. The molecule has 0 aliphatic heterocycles. The normalized spacial score (nSPS) is 12.8. The number of hydrogen-bond acceptors (Lipinski definition) is 4. The summed E-state index contributed by atoms with van der Waals surface area (Å²) in [5.74, 6) is 0.641. The molecule has 1 amide bonds. The quantitative estimate of drug-likeness (QED) is 0.883. The van der Waals surface area contributed by atoms with Gasteiger partial charge in [-0.2, -0.15) is 5.10 Å². The van der Waals surface area contributed by atoms with Crippen molar-refractivity contribution in [1.29, 1.82) is 0 Å². The van der Waals surface area contributed by atoms with Gasteiger partial charge >= 0.3 is 0 Å². The number of carbonyl (C=O) groups is 1. The minimum atomic E-state index is -1.28. The van der Waals surface area contributed by atoms with Crippen molar-refractivity contribution in [3.05, 3.63) is 41.6 Å². The van der Waals surface area contributed by atoms with E-state index in [2.05, 4.69) is 31.2 Å². The summed E-state index contributed by atoms with van der Waals surface area (Å²) in [4.78, 5) is 12.3. The molecular formula is C18H25N3O3. The van der Waals surface area contributed by atoms with E-state index in [4.69, 9.17) is 4.74 Å². The fraction of sp³-hybridized carbons (Fsp3) is 0.444. The lowest BCUT2D eigenvalue weighted by Gasteiger charge is -2.15. The molecule has 24 heavy (non-hydrogen) atoms. The van der Waals surface area contributed by atoms with Crippen LogP contribution in [0.15, 0.2) is 30.3 Å². The number of nitrogens with zero attached hydrogens (tertiary/aromatic N) is 2. The maximum atomic E-state index is 12.3. The molecule has 0 radical (unpaired) electrons. The molecule has 1 heterocycles. The smallest absolute Gasteiger partial charge is 0.258 e. The molecule has 1 atom stereocenters. The average Bonchev–Trinajstić information content (AvgIpc) is 2.83. The number of rotatable bonds is 5. The highest BCUT2D eigenvalue weighted by Gasteiger charge is 2.21. The minimum absolute atomic E-state index is 0.107. The molecule has 0 spiro atoms. The molecule has 0 saturated carbocycles. The van der Waals surface area contributed by atoms with Crippen molar-refractivity contribution in [3.8, 4) is 5.75 Å². The third-order valence-electron chi connectivity index (χ3n) is 3.55. The van der Waals surface area contributed by atoms with Gasteiger partial charge < -0.3 is 15.2 Å². The van der Waals surface area contributed by atoms with Crippen molar-refractivity contribution in [3.63, 3.8) is 0 Å². The number of aromatic nitrogens is 2. The number of benzene rings is 1. The van der Waals surface area contributed by atoms with Crippen LogP contribution in [0.3, 0.4) is 0 Å². The van der Waals surface area contributed by atoms with Gasteiger partial charge in [-0.3, -0.25) is 9.48 Å². The molecule has 0 aliphatic rings. The lowest BCUT2D eigenvalue weighted by atomic mass is 9.91. The third kappa shape index (κ3) is 4.58. The van der Waals surface area contributed by atoms with Gasteiger partial charge in [0.2, 0.25) is 0 Å². The van der Waals surface area contributed by atoms with E-state index in [-0.39, 0.29) is 5.41 Å². The summed E-state index contributed by atoms with van der Waals surface area (Å²) in [7, 11) is 3.30. The Labute approximate surface area is 142 Å². The van der Waals surface area contributed by atoms with Crippen LogP contribution in [0.2, 0.25) is 0 Å². The maximum Gasteiger partial charge on any atom is 0.258 e. The Morgan fingerprint density at radius 2 is 2.08 bits per heavy atom. The Morgan fingerprint density at radius 1 is 1.38 bits per heavy atom. The Morgan fingerprint density at radius 3 is 2.71 bits per heavy atom. The fourth-order valence-corrected chi connectivity index (χ4v) is 2.43. The molecule has 2 N–H and O–H groups in total. The standard InChI is InChI=1S/C18H25N3O3/c1-18(2,3)11-13-10-15(21(4)20-13)19-17(23)16(22)12-7-6-8-14(9-12)24-5/h6-10,16,22H,11H2,1-5H3,(H,19,23). The average molecular weight is 331 g/mol. The van der Waals surface area contributed by atoms with E-state index in [1.165, 1.54) is 7.11 Å². The highest BCUT2D eigenvalue weighted by molar-refractivity contribution is 5.94. The van der Waals surface area contributed by atoms with E-state index in [0.717, 1.165) is 12.1 Å². The van der Waals surface area contributed by atoms with Crippen molar-refractivity contribution in [2.45, 2.75) is 33.3 Å². The monoisotopic (exact) mass is 331 g/mol. The highest BCUT2D eigenvalue weighted by Crippen LogP contribution is 2.23. The molecule has 0 bridgehead atoms. The molecule has 0 saturated heterocycles. The number of hydrogen-bond donors (Lipinski definition) is 2. The topological polar surface area (TPSA) is 76.4 Å². The largest absolute Gasteiger partial charge is 0.497 e. The zero-order valence-corrected chi connectivity index (χ0v) is 14.8. The molecular weight excluding hydrogens is 306 g/mol. The second kappa shape index (κ2) is 7.05. The van der Waals surface area contributed by atoms with E-state index in [1.807, 2.05) is 6.07 Å². The molecule has 130 valence electrons. The molecule has 2 aromatic rings. The van der Waals surface area contributed by atoms with Crippen molar-refractivity contribution in [1.82, 2.24) is 9.78 Å². The zero-order chi connectivity index (χ0) is 17.9. The van der Waals surface area contributed by atoms with Gasteiger partial charge in [0.1, 0.15) is 11.6 Å². The number of methoxy groups -OCH3 is 1. The van der Waals surface area contributed by atoms with Crippen LogP contribution >= 0.6 is 0 Å². The molecule has 1 unspecified atom stereocenters. The summed E-state index contributed by atoms with van der Waals surface area (Å²) in [6.07, 6.45) is -0.476. The van der Waals surface area contributed by atoms with E-state index >= 15 is 0 Å². The minimum Gasteiger partial charge on any atom is -0.497 e. The van der Waals surface area contributed by atoms with E-state index in [0.29, 0.717) is 17.1 Å². The highest BCUT2D eigenvalue weighted by atomic mass is 16.5. The van der Waals surface area contributed by atoms with Gasteiger partial charge in [0, 0.05) is 13.1 Å². The van der Waals surface area contributed by atoms with Gasteiger partial charge in [-0.25, -0.2) is 0 Å². The first-order valence-electron chi connectivity index (χ1n) is 7.85. The Hall–Kier alpha value is -2.34. The number of aliphatic hydroxyl groups excluding tert-OH is 1. The summed E-state index contributed by atoms with van der Waals surface area (Å²) >= 11 is 0. The Kier molecular flexibility index (Phi) is 5.29. The molecule has 0 aliphatic carbocycles. The zero-order valence-electron chi connectivity index (χ0n) is 14.8. The first-order valence-corrected chi connectivity index (χ1v) is 7.85. The van der Waals surface area contributed by atoms with Gasteiger partial charge in [-0.1, -0.05) is 32.9 Å². The van der Waals surface area contributed by atoms with Crippen molar-refractivity contribution >= 4 is 11.7 Å². The summed E-state index contributed by atoms with van der Waals surface area (Å²) in [6, 6.07) is 8.64. The van der Waals surface area contributed by atoms with Crippen LogP contribution < -0.4 is 10.1 Å². The molecule has 1 aromatic heterocycles. The number of anilines is 1. The first kappa shape index (κ1) is 18.0. The van der Waals surface area contributed by atoms with Gasteiger partial charge in [0.15, 0.2) is 6.10 Å². The molecule has 6 nitrogen and oxygen atoms in total. The lowest BCUT2D eigenvalue weighted by Crippen LogP contribution is -2.22. The predicted molar refractivity (Wildman–Crippen MR) is 93.0 cm³/mol. The summed E-state index contributed by atoms with van der Waals surface area (Å²) in [6.45, 7) is 6.39. The first-order chi connectivity index (χ1) is 11.2. The van der Waals surface area contributed by atoms with Crippen LogP contribution in [0.4, 0.5) is 5.82 Å². The number of amides is 1. The van der Waals surface area contributed by atoms with Crippen LogP contribution in [-0.2, 0) is 18.3 Å². The number of carbonyl (C=O) groups excluding carboxylic acids is 1. The van der Waals surface area contributed by atoms with Crippen molar-refractivity contribution in [2.75, 3.05) is 12.4 Å². The maximum absolute atomic E-state index is 12.3. The van der Waals surface area contributed by atoms with Crippen LogP contribution in [-0.4, -0.2) is 27.9 Å².